The predicted molar refractivity (Wildman–Crippen MR) is 130 cm³/mol. The van der Waals surface area contributed by atoms with Crippen LogP contribution >= 0.6 is 0 Å². The van der Waals surface area contributed by atoms with Crippen LogP contribution in [0.2, 0.25) is 0 Å². The van der Waals surface area contributed by atoms with Gasteiger partial charge in [0.15, 0.2) is 0 Å². The van der Waals surface area contributed by atoms with Crippen LogP contribution < -0.4 is 16.1 Å². The maximum atomic E-state index is 12.9. The molecule has 1 aromatic heterocycles. The highest BCUT2D eigenvalue weighted by Gasteiger charge is 2.30. The van der Waals surface area contributed by atoms with Crippen molar-refractivity contribution in [2.45, 2.75) is 45.4 Å². The van der Waals surface area contributed by atoms with Crippen molar-refractivity contribution in [1.29, 1.82) is 0 Å². The number of hydrogen-bond donors (Lipinski definition) is 6. The van der Waals surface area contributed by atoms with Gasteiger partial charge in [0.25, 0.3) is 5.91 Å². The first-order valence-corrected chi connectivity index (χ1v) is 10.7. The average Bonchev–Trinajstić information content (AvgIpc) is 3.35. The maximum Gasteiger partial charge on any atom is 0.268 e. The van der Waals surface area contributed by atoms with Gasteiger partial charge in [0.1, 0.15) is 12.1 Å². The Labute approximate surface area is 203 Å². The summed E-state index contributed by atoms with van der Waals surface area (Å²) in [5.74, 6) is -2.07. The zero-order chi connectivity index (χ0) is 24.5. The number of aliphatic hydroxyl groups is 1. The lowest BCUT2D eigenvalue weighted by Crippen LogP contribution is -2.57. The largest absolute Gasteiger partial charge is 0.391 e. The van der Waals surface area contributed by atoms with Crippen LogP contribution in [0.5, 0.6) is 0 Å². The number of amides is 3. The molecule has 2 aromatic carbocycles. The van der Waals surface area contributed by atoms with Crippen LogP contribution in [0.25, 0.3) is 11.1 Å². The summed E-state index contributed by atoms with van der Waals surface area (Å²) < 4.78 is 0. The number of benzene rings is 2. The average molecular weight is 482 g/mol. The normalized spacial score (nSPS) is 13.0. The number of H-pyrrole nitrogens is 1. The number of carbonyl (C=O) groups excluding carboxylic acids is 3. The van der Waals surface area contributed by atoms with Gasteiger partial charge in [-0.15, -0.1) is 0 Å². The summed E-state index contributed by atoms with van der Waals surface area (Å²) in [6, 6.07) is 14.9. The van der Waals surface area contributed by atoms with Crippen molar-refractivity contribution in [2.24, 2.45) is 0 Å². The van der Waals surface area contributed by atoms with Gasteiger partial charge < -0.3 is 20.7 Å². The zero-order valence-corrected chi connectivity index (χ0v) is 18.6. The van der Waals surface area contributed by atoms with Gasteiger partial charge in [0.2, 0.25) is 11.8 Å². The highest BCUT2D eigenvalue weighted by molar-refractivity contribution is 5.92. The van der Waals surface area contributed by atoms with Crippen LogP contribution in [-0.4, -0.2) is 56.2 Å². The molecule has 3 rings (SSSR count). The van der Waals surface area contributed by atoms with E-state index in [1.54, 1.807) is 0 Å². The molecule has 10 heteroatoms. The number of nitrogens with zero attached hydrogens (tertiary/aromatic N) is 1. The number of aromatic nitrogens is 2. The Morgan fingerprint density at radius 2 is 1.63 bits per heavy atom. The van der Waals surface area contributed by atoms with Crippen LogP contribution in [0.15, 0.2) is 67.1 Å². The lowest BCUT2D eigenvalue weighted by molar-refractivity contribution is -0.138. The summed E-state index contributed by atoms with van der Waals surface area (Å²) >= 11 is 0. The molecule has 0 fully saturated rings. The first-order chi connectivity index (χ1) is 16.4. The van der Waals surface area contributed by atoms with Crippen molar-refractivity contribution in [1.82, 2.24) is 26.1 Å². The molecule has 0 spiro atoms. The molecule has 0 aliphatic carbocycles. The fraction of sp³-hybridized carbons (Fsp3) is 0.280. The monoisotopic (exact) mass is 481 g/mol. The molecule has 3 aromatic rings. The van der Waals surface area contributed by atoms with Crippen LogP contribution in [0.4, 0.5) is 0 Å². The van der Waals surface area contributed by atoms with E-state index in [0.29, 0.717) is 5.69 Å². The van der Waals surface area contributed by atoms with E-state index >= 15 is 0 Å². The van der Waals surface area contributed by atoms with Crippen molar-refractivity contribution in [3.8, 4) is 11.1 Å². The Morgan fingerprint density at radius 1 is 0.971 bits per heavy atom. The summed E-state index contributed by atoms with van der Waals surface area (Å²) in [7, 11) is 0. The second-order valence-electron chi connectivity index (χ2n) is 7.84. The van der Waals surface area contributed by atoms with Crippen molar-refractivity contribution in [2.75, 3.05) is 0 Å². The van der Waals surface area contributed by atoms with E-state index in [1.807, 2.05) is 54.6 Å². The smallest absolute Gasteiger partial charge is 0.268 e. The third kappa shape index (κ3) is 7.76. The Morgan fingerprint density at radius 3 is 2.20 bits per heavy atom. The molecule has 1 heterocycles. The Kier molecular flexibility index (Phi) is 10.1. The summed E-state index contributed by atoms with van der Waals surface area (Å²) in [6.07, 6.45) is 1.80. The molecular formula is C25H31N5O5. The molecule has 0 aliphatic heterocycles. The maximum absolute atomic E-state index is 12.9. The van der Waals surface area contributed by atoms with E-state index in [2.05, 4.69) is 20.6 Å². The topological polar surface area (TPSA) is 156 Å². The molecule has 6 N–H and O–H groups in total. The van der Waals surface area contributed by atoms with Crippen LogP contribution in [0.1, 0.15) is 25.6 Å². The van der Waals surface area contributed by atoms with Crippen molar-refractivity contribution in [3.63, 3.8) is 0 Å². The Balaban J connectivity index is 0.00000432. The minimum atomic E-state index is -1.40. The number of imidazole rings is 1. The van der Waals surface area contributed by atoms with E-state index < -0.39 is 35.9 Å². The zero-order valence-electron chi connectivity index (χ0n) is 18.6. The Hall–Kier alpha value is -4.02. The molecule has 3 atom stereocenters. The van der Waals surface area contributed by atoms with Crippen molar-refractivity contribution in [3.05, 3.63) is 78.4 Å². The molecule has 3 amide bonds. The van der Waals surface area contributed by atoms with Crippen molar-refractivity contribution < 1.29 is 24.7 Å². The fourth-order valence-corrected chi connectivity index (χ4v) is 3.43. The minimum absolute atomic E-state index is 0. The third-order valence-corrected chi connectivity index (χ3v) is 5.23. The number of carbonyl (C=O) groups is 3. The highest BCUT2D eigenvalue weighted by atomic mass is 16.5. The summed E-state index contributed by atoms with van der Waals surface area (Å²) in [4.78, 5) is 44.2. The first kappa shape index (κ1) is 27.2. The molecule has 0 radical (unpaired) electrons. The van der Waals surface area contributed by atoms with Gasteiger partial charge in [-0.05, 0) is 23.6 Å². The number of aliphatic hydroxyl groups excluding tert-OH is 1. The van der Waals surface area contributed by atoms with E-state index in [-0.39, 0.29) is 20.3 Å². The molecule has 0 bridgehead atoms. The van der Waals surface area contributed by atoms with E-state index in [9.17, 15) is 19.5 Å². The molecule has 0 unspecified atom stereocenters. The molecule has 0 aliphatic rings. The van der Waals surface area contributed by atoms with Gasteiger partial charge in [0.05, 0.1) is 18.9 Å². The van der Waals surface area contributed by atoms with Gasteiger partial charge in [0, 0.05) is 18.3 Å². The molecule has 35 heavy (non-hydrogen) atoms. The number of hydroxylamine groups is 1. The second-order valence-corrected chi connectivity index (χ2v) is 7.84. The SMILES string of the molecule is C.C[C@@H](O)[C@H](NC(=O)[C@H](Cc1cnc[nH]1)NC(=O)Cc1ccc(-c2ccccc2)cc1)C(=O)NO. The lowest BCUT2D eigenvalue weighted by atomic mass is 10.0. The summed E-state index contributed by atoms with van der Waals surface area (Å²) in [6.45, 7) is 1.29. The molecule has 186 valence electrons. The predicted octanol–water partition coefficient (Wildman–Crippen LogP) is 1.35. The van der Waals surface area contributed by atoms with E-state index in [0.717, 1.165) is 16.7 Å². The van der Waals surface area contributed by atoms with Gasteiger partial charge in [-0.3, -0.25) is 19.6 Å². The molecule has 0 saturated carbocycles. The molecule has 10 nitrogen and oxygen atoms in total. The first-order valence-electron chi connectivity index (χ1n) is 10.7. The van der Waals surface area contributed by atoms with Crippen LogP contribution in [0, 0.1) is 0 Å². The third-order valence-electron chi connectivity index (χ3n) is 5.23. The minimum Gasteiger partial charge on any atom is -0.391 e. The quantitative estimate of drug-likeness (QED) is 0.190. The Bertz CT molecular complexity index is 1090. The molecule has 0 saturated heterocycles. The van der Waals surface area contributed by atoms with Gasteiger partial charge >= 0.3 is 0 Å². The van der Waals surface area contributed by atoms with Gasteiger partial charge in [-0.1, -0.05) is 62.0 Å². The van der Waals surface area contributed by atoms with Gasteiger partial charge in [-0.2, -0.15) is 0 Å². The summed E-state index contributed by atoms with van der Waals surface area (Å²) in [5, 5.41) is 23.7. The fourth-order valence-electron chi connectivity index (χ4n) is 3.43. The summed E-state index contributed by atoms with van der Waals surface area (Å²) in [5.41, 5.74) is 4.85. The van der Waals surface area contributed by atoms with Gasteiger partial charge in [-0.25, -0.2) is 10.5 Å². The molecular weight excluding hydrogens is 450 g/mol. The number of hydrogen-bond acceptors (Lipinski definition) is 6. The van der Waals surface area contributed by atoms with Crippen LogP contribution in [0.3, 0.4) is 0 Å². The second kappa shape index (κ2) is 13.0. The highest BCUT2D eigenvalue weighted by Crippen LogP contribution is 2.19. The van der Waals surface area contributed by atoms with Crippen LogP contribution in [-0.2, 0) is 27.2 Å². The number of aromatic amines is 1. The lowest BCUT2D eigenvalue weighted by Gasteiger charge is -2.23. The standard InChI is InChI=1S/C24H27N5O5.CH4/c1-15(30)22(24(33)29-34)28-23(32)20(12-19-13-25-14-26-19)27-21(31)11-16-7-9-18(10-8-16)17-5-3-2-4-6-17;/h2-10,13-15,20,22,30,34H,11-12H2,1H3,(H,25,26)(H,27,31)(H,28,32)(H,29,33);1H4/t15-,20+,22+;/m1./s1. The van der Waals surface area contributed by atoms with Crippen molar-refractivity contribution >= 4 is 17.7 Å². The van der Waals surface area contributed by atoms with E-state index in [1.165, 1.54) is 24.9 Å². The number of rotatable bonds is 10. The number of nitrogens with one attached hydrogen (secondary N) is 4. The van der Waals surface area contributed by atoms with E-state index in [4.69, 9.17) is 5.21 Å².